The van der Waals surface area contributed by atoms with Gasteiger partial charge in [0.1, 0.15) is 11.6 Å². The van der Waals surface area contributed by atoms with Gasteiger partial charge in [-0.05, 0) is 48.9 Å². The van der Waals surface area contributed by atoms with Gasteiger partial charge in [0, 0.05) is 38.2 Å². The molecule has 0 radical (unpaired) electrons. The third kappa shape index (κ3) is 3.73. The van der Waals surface area contributed by atoms with Crippen LogP contribution in [0.4, 0.5) is 11.6 Å². The summed E-state index contributed by atoms with van der Waals surface area (Å²) in [7, 11) is 4.00. The SMILES string of the molecule is CCc1nc(N[C@@H]2c3ccccc3C[C@@H]2O)c(C2CC2)nc1-c1cnc(N(C)C)cc1C. The van der Waals surface area contributed by atoms with Crippen molar-refractivity contribution in [2.75, 3.05) is 24.3 Å². The third-order valence-electron chi connectivity index (χ3n) is 6.60. The van der Waals surface area contributed by atoms with Crippen LogP contribution in [0, 0.1) is 6.92 Å². The minimum atomic E-state index is -0.462. The summed E-state index contributed by atoms with van der Waals surface area (Å²) >= 11 is 0. The van der Waals surface area contributed by atoms with Crippen LogP contribution in [0.1, 0.15) is 59.8 Å². The average Bonchev–Trinajstić information content (AvgIpc) is 3.58. The van der Waals surface area contributed by atoms with Gasteiger partial charge in [0.2, 0.25) is 0 Å². The van der Waals surface area contributed by atoms with Gasteiger partial charge in [-0.15, -0.1) is 0 Å². The van der Waals surface area contributed by atoms with Crippen LogP contribution in [0.15, 0.2) is 36.5 Å². The zero-order chi connectivity index (χ0) is 22.4. The van der Waals surface area contributed by atoms with E-state index >= 15 is 0 Å². The predicted octanol–water partition coefficient (Wildman–Crippen LogP) is 4.42. The number of hydrogen-bond acceptors (Lipinski definition) is 6. The Hall–Kier alpha value is -2.99. The van der Waals surface area contributed by atoms with E-state index in [2.05, 4.69) is 42.3 Å². The lowest BCUT2D eigenvalue weighted by Crippen LogP contribution is -2.23. The minimum Gasteiger partial charge on any atom is -0.390 e. The second kappa shape index (κ2) is 8.17. The summed E-state index contributed by atoms with van der Waals surface area (Å²) < 4.78 is 0. The second-order valence-electron chi connectivity index (χ2n) is 9.22. The molecule has 166 valence electrons. The first-order valence-electron chi connectivity index (χ1n) is 11.5. The zero-order valence-corrected chi connectivity index (χ0v) is 19.3. The molecule has 2 N–H and O–H groups in total. The minimum absolute atomic E-state index is 0.156. The molecule has 1 saturated carbocycles. The van der Waals surface area contributed by atoms with E-state index in [1.807, 2.05) is 37.3 Å². The van der Waals surface area contributed by atoms with Crippen molar-refractivity contribution in [1.82, 2.24) is 15.0 Å². The molecule has 0 amide bonds. The number of aliphatic hydroxyl groups is 1. The molecule has 2 aromatic heterocycles. The van der Waals surface area contributed by atoms with E-state index in [9.17, 15) is 5.11 Å². The standard InChI is InChI=1S/C26H31N5O/c1-5-20-24(19-14-27-22(31(3)4)12-15(19)2)29-23(16-10-11-16)26(28-20)30-25-18-9-7-6-8-17(18)13-21(25)32/h6-9,12,14,16,21,25,32H,5,10-11,13H2,1-4H3,(H,28,30)/t21-,25+/m0/s1. The van der Waals surface area contributed by atoms with Crippen LogP contribution in [0.25, 0.3) is 11.3 Å². The fourth-order valence-corrected chi connectivity index (χ4v) is 4.62. The van der Waals surface area contributed by atoms with Gasteiger partial charge in [0.25, 0.3) is 0 Å². The Morgan fingerprint density at radius 2 is 1.94 bits per heavy atom. The van der Waals surface area contributed by atoms with Crippen molar-refractivity contribution in [3.05, 3.63) is 64.6 Å². The normalized spacial score (nSPS) is 19.7. The van der Waals surface area contributed by atoms with Crippen LogP contribution in [-0.2, 0) is 12.8 Å². The molecular formula is C26H31N5O. The predicted molar refractivity (Wildman–Crippen MR) is 128 cm³/mol. The van der Waals surface area contributed by atoms with E-state index in [0.717, 1.165) is 64.7 Å². The van der Waals surface area contributed by atoms with E-state index in [0.29, 0.717) is 12.3 Å². The number of pyridine rings is 1. The molecule has 6 nitrogen and oxygen atoms in total. The molecule has 0 saturated heterocycles. The first-order valence-corrected chi connectivity index (χ1v) is 11.5. The van der Waals surface area contributed by atoms with Crippen molar-refractivity contribution in [1.29, 1.82) is 0 Å². The number of nitrogens with one attached hydrogen (secondary N) is 1. The van der Waals surface area contributed by atoms with Crippen molar-refractivity contribution < 1.29 is 5.11 Å². The Labute approximate surface area is 189 Å². The van der Waals surface area contributed by atoms with Gasteiger partial charge < -0.3 is 15.3 Å². The number of nitrogens with zero attached hydrogens (tertiary/aromatic N) is 4. The molecule has 1 fully saturated rings. The van der Waals surface area contributed by atoms with Crippen LogP contribution in [0.2, 0.25) is 0 Å². The van der Waals surface area contributed by atoms with Gasteiger partial charge in [0.05, 0.1) is 29.2 Å². The summed E-state index contributed by atoms with van der Waals surface area (Å²) in [6.45, 7) is 4.23. The van der Waals surface area contributed by atoms with Crippen LogP contribution >= 0.6 is 0 Å². The van der Waals surface area contributed by atoms with Gasteiger partial charge in [-0.1, -0.05) is 31.2 Å². The number of benzene rings is 1. The highest BCUT2D eigenvalue weighted by molar-refractivity contribution is 5.68. The molecule has 1 aromatic carbocycles. The summed E-state index contributed by atoms with van der Waals surface area (Å²) in [5.74, 6) is 2.19. The summed E-state index contributed by atoms with van der Waals surface area (Å²) in [5, 5.41) is 14.3. The maximum absolute atomic E-state index is 10.8. The number of aromatic nitrogens is 3. The molecule has 0 unspecified atom stereocenters. The molecule has 2 atom stereocenters. The van der Waals surface area contributed by atoms with Gasteiger partial charge >= 0.3 is 0 Å². The number of aryl methyl sites for hydroxylation is 2. The monoisotopic (exact) mass is 429 g/mol. The molecule has 2 aliphatic carbocycles. The largest absolute Gasteiger partial charge is 0.390 e. The highest BCUT2D eigenvalue weighted by atomic mass is 16.3. The summed E-state index contributed by atoms with van der Waals surface area (Å²) in [5.41, 5.74) is 7.46. The quantitative estimate of drug-likeness (QED) is 0.604. The summed E-state index contributed by atoms with van der Waals surface area (Å²) in [4.78, 5) is 16.9. The van der Waals surface area contributed by atoms with Crippen molar-refractivity contribution in [3.63, 3.8) is 0 Å². The Bertz CT molecular complexity index is 1150. The van der Waals surface area contributed by atoms with E-state index < -0.39 is 6.10 Å². The lowest BCUT2D eigenvalue weighted by Gasteiger charge is -2.22. The molecule has 2 aliphatic rings. The fraction of sp³-hybridized carbons (Fsp3) is 0.423. The summed E-state index contributed by atoms with van der Waals surface area (Å²) in [6.07, 6.45) is 5.18. The molecule has 0 aliphatic heterocycles. The maximum Gasteiger partial charge on any atom is 0.148 e. The highest BCUT2D eigenvalue weighted by Gasteiger charge is 2.35. The number of aliphatic hydroxyl groups excluding tert-OH is 1. The molecule has 0 spiro atoms. The van der Waals surface area contributed by atoms with Crippen molar-refractivity contribution >= 4 is 11.6 Å². The number of anilines is 2. The number of rotatable bonds is 6. The van der Waals surface area contributed by atoms with E-state index in [-0.39, 0.29) is 6.04 Å². The topological polar surface area (TPSA) is 74.2 Å². The Morgan fingerprint density at radius 1 is 1.16 bits per heavy atom. The Balaban J connectivity index is 1.56. The molecule has 3 aromatic rings. The molecule has 5 rings (SSSR count). The molecule has 0 bridgehead atoms. The van der Waals surface area contributed by atoms with Crippen molar-refractivity contribution in [3.8, 4) is 11.3 Å². The first kappa shape index (κ1) is 20.9. The second-order valence-corrected chi connectivity index (χ2v) is 9.22. The lowest BCUT2D eigenvalue weighted by molar-refractivity contribution is 0.165. The van der Waals surface area contributed by atoms with Gasteiger partial charge in [0.15, 0.2) is 0 Å². The van der Waals surface area contributed by atoms with Crippen LogP contribution in [0.3, 0.4) is 0 Å². The molecular weight excluding hydrogens is 398 g/mol. The average molecular weight is 430 g/mol. The van der Waals surface area contributed by atoms with Gasteiger partial charge in [-0.3, -0.25) is 0 Å². The van der Waals surface area contributed by atoms with E-state index in [1.54, 1.807) is 0 Å². The summed E-state index contributed by atoms with van der Waals surface area (Å²) in [6, 6.07) is 10.2. The highest BCUT2D eigenvalue weighted by Crippen LogP contribution is 2.45. The Kier molecular flexibility index (Phi) is 5.33. The smallest absolute Gasteiger partial charge is 0.148 e. The maximum atomic E-state index is 10.8. The van der Waals surface area contributed by atoms with Crippen LogP contribution < -0.4 is 10.2 Å². The number of hydrogen-bond donors (Lipinski definition) is 2. The first-order chi connectivity index (χ1) is 15.5. The van der Waals surface area contributed by atoms with Crippen LogP contribution in [0.5, 0.6) is 0 Å². The fourth-order valence-electron chi connectivity index (χ4n) is 4.62. The van der Waals surface area contributed by atoms with Gasteiger partial charge in [-0.2, -0.15) is 0 Å². The van der Waals surface area contributed by atoms with Gasteiger partial charge in [-0.25, -0.2) is 15.0 Å². The van der Waals surface area contributed by atoms with Crippen molar-refractivity contribution in [2.45, 2.75) is 57.6 Å². The number of fused-ring (bicyclic) bond motifs is 1. The van der Waals surface area contributed by atoms with Crippen molar-refractivity contribution in [2.24, 2.45) is 0 Å². The lowest BCUT2D eigenvalue weighted by atomic mass is 10.0. The zero-order valence-electron chi connectivity index (χ0n) is 19.3. The third-order valence-corrected chi connectivity index (χ3v) is 6.60. The molecule has 2 heterocycles. The van der Waals surface area contributed by atoms with Crippen LogP contribution in [-0.4, -0.2) is 40.3 Å². The molecule has 32 heavy (non-hydrogen) atoms. The molecule has 6 heteroatoms. The van der Waals surface area contributed by atoms with E-state index in [1.165, 1.54) is 5.56 Å². The van der Waals surface area contributed by atoms with E-state index in [4.69, 9.17) is 9.97 Å². The Morgan fingerprint density at radius 3 is 2.62 bits per heavy atom.